The van der Waals surface area contributed by atoms with Gasteiger partial charge in [-0.05, 0) is 17.9 Å². The fraction of sp³-hybridized carbons (Fsp3) is 0.632. The number of halogens is 1. The smallest absolute Gasteiger partial charge is 0.191 e. The van der Waals surface area contributed by atoms with Gasteiger partial charge in [0.25, 0.3) is 0 Å². The number of nitrogens with one attached hydrogen (secondary N) is 2. The fourth-order valence-corrected chi connectivity index (χ4v) is 2.18. The van der Waals surface area contributed by atoms with Crippen LogP contribution in [0, 0.1) is 0 Å². The summed E-state index contributed by atoms with van der Waals surface area (Å²) in [5.74, 6) is 1.24. The molecule has 6 heteroatoms. The normalized spacial score (nSPS) is 12.4. The number of hydrogen-bond acceptors (Lipinski definition) is 3. The van der Waals surface area contributed by atoms with Crippen LogP contribution in [0.3, 0.4) is 0 Å². The zero-order valence-corrected chi connectivity index (χ0v) is 18.1. The average Bonchev–Trinajstić information content (AvgIpc) is 2.63. The Morgan fingerprint density at radius 2 is 1.72 bits per heavy atom. The summed E-state index contributed by atoms with van der Waals surface area (Å²) in [5, 5.41) is 6.61. The number of ether oxygens (including phenoxy) is 2. The van der Waals surface area contributed by atoms with Crippen molar-refractivity contribution in [2.24, 2.45) is 4.99 Å². The van der Waals surface area contributed by atoms with Gasteiger partial charge in [-0.1, -0.05) is 50.6 Å². The lowest BCUT2D eigenvalue weighted by atomic mass is 10.0. The van der Waals surface area contributed by atoms with Gasteiger partial charge in [-0.3, -0.25) is 4.99 Å². The molecule has 0 saturated carbocycles. The molecule has 0 saturated heterocycles. The van der Waals surface area contributed by atoms with Crippen molar-refractivity contribution in [2.75, 3.05) is 46.6 Å². The number of hydrogen-bond donors (Lipinski definition) is 2. The largest absolute Gasteiger partial charge is 0.379 e. The van der Waals surface area contributed by atoms with E-state index in [1.54, 1.807) is 7.05 Å². The molecule has 1 atom stereocenters. The van der Waals surface area contributed by atoms with Crippen LogP contribution >= 0.6 is 24.0 Å². The van der Waals surface area contributed by atoms with Crippen LogP contribution in [0.5, 0.6) is 0 Å². The van der Waals surface area contributed by atoms with Gasteiger partial charge in [0.2, 0.25) is 0 Å². The maximum absolute atomic E-state index is 5.53. The number of benzene rings is 1. The molecule has 0 aromatic heterocycles. The molecule has 0 radical (unpaired) electrons. The van der Waals surface area contributed by atoms with Gasteiger partial charge >= 0.3 is 0 Å². The summed E-state index contributed by atoms with van der Waals surface area (Å²) in [6.45, 7) is 8.72. The van der Waals surface area contributed by atoms with E-state index < -0.39 is 0 Å². The molecule has 1 aromatic carbocycles. The van der Waals surface area contributed by atoms with Gasteiger partial charge in [-0.15, -0.1) is 24.0 Å². The van der Waals surface area contributed by atoms with Crippen LogP contribution in [0.1, 0.15) is 38.2 Å². The van der Waals surface area contributed by atoms with Crippen LogP contribution < -0.4 is 10.6 Å². The van der Waals surface area contributed by atoms with Crippen molar-refractivity contribution in [1.29, 1.82) is 0 Å². The maximum Gasteiger partial charge on any atom is 0.191 e. The second-order valence-electron chi connectivity index (χ2n) is 5.77. The first kappa shape index (κ1) is 24.1. The van der Waals surface area contributed by atoms with E-state index in [4.69, 9.17) is 9.47 Å². The molecule has 0 aliphatic rings. The Morgan fingerprint density at radius 1 is 1.04 bits per heavy atom. The molecule has 0 heterocycles. The second kappa shape index (κ2) is 16.6. The van der Waals surface area contributed by atoms with E-state index >= 15 is 0 Å². The number of rotatable bonds is 12. The topological polar surface area (TPSA) is 54.9 Å². The third kappa shape index (κ3) is 12.2. The molecular formula is C19H34IN3O2. The van der Waals surface area contributed by atoms with E-state index in [1.165, 1.54) is 12.0 Å². The quantitative estimate of drug-likeness (QED) is 0.216. The molecular weight excluding hydrogens is 429 g/mol. The van der Waals surface area contributed by atoms with Crippen molar-refractivity contribution in [3.8, 4) is 0 Å². The van der Waals surface area contributed by atoms with E-state index in [0.29, 0.717) is 25.7 Å². The van der Waals surface area contributed by atoms with Gasteiger partial charge in [-0.2, -0.15) is 0 Å². The molecule has 1 unspecified atom stereocenters. The Hall–Kier alpha value is -0.860. The van der Waals surface area contributed by atoms with E-state index in [9.17, 15) is 0 Å². The molecule has 1 rings (SSSR count). The van der Waals surface area contributed by atoms with Crippen molar-refractivity contribution >= 4 is 29.9 Å². The summed E-state index contributed by atoms with van der Waals surface area (Å²) in [6, 6.07) is 10.5. The third-order valence-electron chi connectivity index (χ3n) is 3.72. The Bertz CT molecular complexity index is 444. The molecule has 1 aromatic rings. The van der Waals surface area contributed by atoms with Crippen molar-refractivity contribution in [1.82, 2.24) is 10.6 Å². The van der Waals surface area contributed by atoms with Gasteiger partial charge in [-0.25, -0.2) is 0 Å². The van der Waals surface area contributed by atoms with Crippen LogP contribution in [-0.2, 0) is 9.47 Å². The minimum Gasteiger partial charge on any atom is -0.379 e. The lowest BCUT2D eigenvalue weighted by Gasteiger charge is -2.16. The summed E-state index contributed by atoms with van der Waals surface area (Å²) < 4.78 is 11.0. The van der Waals surface area contributed by atoms with E-state index in [0.717, 1.165) is 32.1 Å². The lowest BCUT2D eigenvalue weighted by Crippen LogP contribution is -2.40. The molecule has 0 aliphatic heterocycles. The highest BCUT2D eigenvalue weighted by Gasteiger charge is 2.05. The predicted octanol–water partition coefficient (Wildman–Crippen LogP) is 3.41. The van der Waals surface area contributed by atoms with Crippen molar-refractivity contribution in [3.63, 3.8) is 0 Å². The van der Waals surface area contributed by atoms with Crippen LogP contribution in [0.2, 0.25) is 0 Å². The van der Waals surface area contributed by atoms with E-state index in [1.807, 2.05) is 6.07 Å². The summed E-state index contributed by atoms with van der Waals surface area (Å²) >= 11 is 0. The SMILES string of the molecule is CCCCOCCOCCNC(=NC)NCC(C)c1ccccc1.I. The molecule has 0 spiro atoms. The standard InChI is InChI=1S/C19H33N3O2.HI/c1-4-5-12-23-14-15-24-13-11-21-19(20-3)22-16-17(2)18-9-7-6-8-10-18;/h6-10,17H,4-5,11-16H2,1-3H3,(H2,20,21,22);1H. The average molecular weight is 463 g/mol. The van der Waals surface area contributed by atoms with Crippen LogP contribution in [0.25, 0.3) is 0 Å². The zero-order chi connectivity index (χ0) is 17.5. The zero-order valence-electron chi connectivity index (χ0n) is 15.8. The van der Waals surface area contributed by atoms with Gasteiger partial charge in [0, 0.05) is 26.7 Å². The Kier molecular flexibility index (Phi) is 16.0. The number of unbranched alkanes of at least 4 members (excludes halogenated alkanes) is 1. The highest BCUT2D eigenvalue weighted by atomic mass is 127. The Labute approximate surface area is 170 Å². The van der Waals surface area contributed by atoms with Crippen molar-refractivity contribution < 1.29 is 9.47 Å². The summed E-state index contributed by atoms with van der Waals surface area (Å²) in [7, 11) is 1.78. The monoisotopic (exact) mass is 463 g/mol. The van der Waals surface area contributed by atoms with E-state index in [2.05, 4.69) is 53.7 Å². The number of nitrogens with zero attached hydrogens (tertiary/aromatic N) is 1. The molecule has 0 aliphatic carbocycles. The van der Waals surface area contributed by atoms with Crippen LogP contribution in [0.4, 0.5) is 0 Å². The first-order valence-corrected chi connectivity index (χ1v) is 8.92. The minimum atomic E-state index is 0. The van der Waals surface area contributed by atoms with Crippen LogP contribution in [0.15, 0.2) is 35.3 Å². The Morgan fingerprint density at radius 3 is 2.36 bits per heavy atom. The highest BCUT2D eigenvalue weighted by Crippen LogP contribution is 2.12. The molecule has 25 heavy (non-hydrogen) atoms. The molecule has 0 bridgehead atoms. The molecule has 144 valence electrons. The van der Waals surface area contributed by atoms with Gasteiger partial charge in [0.05, 0.1) is 19.8 Å². The maximum atomic E-state index is 5.53. The van der Waals surface area contributed by atoms with Gasteiger partial charge in [0.15, 0.2) is 5.96 Å². The second-order valence-corrected chi connectivity index (χ2v) is 5.77. The summed E-state index contributed by atoms with van der Waals surface area (Å²) in [6.07, 6.45) is 2.28. The van der Waals surface area contributed by atoms with Crippen molar-refractivity contribution in [2.45, 2.75) is 32.6 Å². The molecule has 0 amide bonds. The fourth-order valence-electron chi connectivity index (χ4n) is 2.18. The summed E-state index contributed by atoms with van der Waals surface area (Å²) in [4.78, 5) is 4.24. The number of aliphatic imine (C=N–C) groups is 1. The van der Waals surface area contributed by atoms with Gasteiger partial charge < -0.3 is 20.1 Å². The van der Waals surface area contributed by atoms with Gasteiger partial charge in [0.1, 0.15) is 0 Å². The van der Waals surface area contributed by atoms with E-state index in [-0.39, 0.29) is 24.0 Å². The third-order valence-corrected chi connectivity index (χ3v) is 3.72. The highest BCUT2D eigenvalue weighted by molar-refractivity contribution is 14.0. The predicted molar refractivity (Wildman–Crippen MR) is 116 cm³/mol. The molecule has 5 nitrogen and oxygen atoms in total. The summed E-state index contributed by atoms with van der Waals surface area (Å²) in [5.41, 5.74) is 1.33. The van der Waals surface area contributed by atoms with Crippen molar-refractivity contribution in [3.05, 3.63) is 35.9 Å². The first-order valence-electron chi connectivity index (χ1n) is 8.92. The Balaban J connectivity index is 0.00000576. The lowest BCUT2D eigenvalue weighted by molar-refractivity contribution is 0.0487. The molecule has 2 N–H and O–H groups in total. The minimum absolute atomic E-state index is 0. The number of guanidine groups is 1. The van der Waals surface area contributed by atoms with Crippen LogP contribution in [-0.4, -0.2) is 52.5 Å². The molecule has 0 fully saturated rings. The first-order chi connectivity index (χ1) is 11.8.